The maximum Gasteiger partial charge on any atom is 0.0759 e. The lowest BCUT2D eigenvalue weighted by Crippen LogP contribution is -2.39. The Labute approximate surface area is 77.6 Å². The maximum absolute atomic E-state index is 9.79. The van der Waals surface area contributed by atoms with Gasteiger partial charge in [0.1, 0.15) is 0 Å². The second-order valence-corrected chi connectivity index (χ2v) is 4.47. The fourth-order valence-electron chi connectivity index (χ4n) is 3.34. The number of allylic oxidation sites excluding steroid dienone is 2. The molecule has 0 aromatic rings. The molecule has 0 radical (unpaired) electrons. The van der Waals surface area contributed by atoms with Gasteiger partial charge in [-0.2, -0.15) is 0 Å². The molecule has 0 saturated heterocycles. The van der Waals surface area contributed by atoms with Crippen molar-refractivity contribution in [2.45, 2.75) is 18.6 Å². The van der Waals surface area contributed by atoms with Crippen LogP contribution >= 0.6 is 0 Å². The molecule has 0 unspecified atom stereocenters. The average Bonchev–Trinajstić information content (AvgIpc) is 2.70. The molecule has 0 aromatic heterocycles. The molecular formula is C11H14O2. The Hall–Kier alpha value is -0.600. The topological polar surface area (TPSA) is 40.5 Å². The fraction of sp³-hybridized carbons (Fsp3) is 0.636. The highest BCUT2D eigenvalue weighted by molar-refractivity contribution is 5.22. The summed E-state index contributed by atoms with van der Waals surface area (Å²) in [4.78, 5) is 0. The molecule has 1 saturated carbocycles. The summed E-state index contributed by atoms with van der Waals surface area (Å²) in [6, 6.07) is 0. The van der Waals surface area contributed by atoms with Crippen molar-refractivity contribution in [3.05, 3.63) is 24.3 Å². The van der Waals surface area contributed by atoms with E-state index in [-0.39, 0.29) is 24.0 Å². The van der Waals surface area contributed by atoms with Gasteiger partial charge in [0.2, 0.25) is 0 Å². The normalized spacial score (nSPS) is 57.1. The van der Waals surface area contributed by atoms with E-state index < -0.39 is 0 Å². The van der Waals surface area contributed by atoms with Gasteiger partial charge in [-0.25, -0.2) is 0 Å². The zero-order valence-electron chi connectivity index (χ0n) is 7.38. The fourth-order valence-corrected chi connectivity index (χ4v) is 3.34. The van der Waals surface area contributed by atoms with E-state index in [4.69, 9.17) is 0 Å². The maximum atomic E-state index is 9.79. The third-order valence-electron chi connectivity index (χ3n) is 3.88. The van der Waals surface area contributed by atoms with Crippen LogP contribution in [-0.4, -0.2) is 22.4 Å². The summed E-state index contributed by atoms with van der Waals surface area (Å²) in [5, 5.41) is 19.6. The molecule has 0 heterocycles. The molecule has 0 spiro atoms. The van der Waals surface area contributed by atoms with E-state index in [0.29, 0.717) is 11.8 Å². The third-order valence-corrected chi connectivity index (χ3v) is 3.88. The summed E-state index contributed by atoms with van der Waals surface area (Å²) in [6.45, 7) is 0. The Kier molecular flexibility index (Phi) is 1.47. The van der Waals surface area contributed by atoms with Gasteiger partial charge in [0.05, 0.1) is 12.2 Å². The lowest BCUT2D eigenvalue weighted by Gasteiger charge is -2.36. The molecule has 0 aromatic carbocycles. The van der Waals surface area contributed by atoms with Crippen LogP contribution in [0.3, 0.4) is 0 Å². The second kappa shape index (κ2) is 2.46. The molecule has 1 fully saturated rings. The van der Waals surface area contributed by atoms with Gasteiger partial charge in [0.15, 0.2) is 0 Å². The van der Waals surface area contributed by atoms with Gasteiger partial charge in [-0.15, -0.1) is 0 Å². The van der Waals surface area contributed by atoms with Crippen LogP contribution in [0, 0.1) is 23.7 Å². The number of hydrogen-bond donors (Lipinski definition) is 2. The molecule has 2 N–H and O–H groups in total. The molecule has 3 rings (SSSR count). The Morgan fingerprint density at radius 3 is 1.69 bits per heavy atom. The first-order chi connectivity index (χ1) is 6.27. The Bertz CT molecular complexity index is 256. The number of aliphatic hydroxyl groups is 2. The van der Waals surface area contributed by atoms with Crippen molar-refractivity contribution in [2.24, 2.45) is 23.7 Å². The molecule has 70 valence electrons. The quantitative estimate of drug-likeness (QED) is 0.536. The van der Waals surface area contributed by atoms with Crippen molar-refractivity contribution in [1.82, 2.24) is 0 Å². The van der Waals surface area contributed by atoms with E-state index in [1.54, 1.807) is 12.2 Å². The van der Waals surface area contributed by atoms with E-state index in [1.807, 2.05) is 0 Å². The standard InChI is InChI=1S/C11H14O2/c12-8-3-4-9(13)11-7-2-1-6(5-7)10(8)11/h1-4,6-13H,5H2/t6-,7+,8-,9-,10+,11-/m1/s1. The minimum atomic E-state index is -0.339. The van der Waals surface area contributed by atoms with Crippen molar-refractivity contribution in [1.29, 1.82) is 0 Å². The summed E-state index contributed by atoms with van der Waals surface area (Å²) >= 11 is 0. The molecule has 3 aliphatic rings. The monoisotopic (exact) mass is 178 g/mol. The van der Waals surface area contributed by atoms with Crippen LogP contribution in [-0.2, 0) is 0 Å². The number of fused-ring (bicyclic) bond motifs is 5. The number of hydrogen-bond acceptors (Lipinski definition) is 2. The van der Waals surface area contributed by atoms with Crippen LogP contribution in [0.5, 0.6) is 0 Å². The molecule has 2 bridgehead atoms. The van der Waals surface area contributed by atoms with E-state index in [0.717, 1.165) is 6.42 Å². The highest BCUT2D eigenvalue weighted by Gasteiger charge is 2.50. The summed E-state index contributed by atoms with van der Waals surface area (Å²) in [6.07, 6.45) is 8.37. The predicted octanol–water partition coefficient (Wildman–Crippen LogP) is 0.716. The molecule has 0 aliphatic heterocycles. The molecular weight excluding hydrogens is 164 g/mol. The van der Waals surface area contributed by atoms with Gasteiger partial charge >= 0.3 is 0 Å². The Balaban J connectivity index is 2.00. The molecule has 2 heteroatoms. The van der Waals surface area contributed by atoms with Crippen LogP contribution < -0.4 is 0 Å². The van der Waals surface area contributed by atoms with Crippen LogP contribution in [0.25, 0.3) is 0 Å². The van der Waals surface area contributed by atoms with Gasteiger partial charge in [0.25, 0.3) is 0 Å². The highest BCUT2D eigenvalue weighted by atomic mass is 16.3. The minimum Gasteiger partial charge on any atom is -0.389 e. The number of aliphatic hydroxyl groups excluding tert-OH is 2. The zero-order valence-corrected chi connectivity index (χ0v) is 7.38. The molecule has 3 aliphatic carbocycles. The molecule has 13 heavy (non-hydrogen) atoms. The largest absolute Gasteiger partial charge is 0.389 e. The first kappa shape index (κ1) is 7.77. The predicted molar refractivity (Wildman–Crippen MR) is 48.9 cm³/mol. The summed E-state index contributed by atoms with van der Waals surface area (Å²) < 4.78 is 0. The van der Waals surface area contributed by atoms with Crippen molar-refractivity contribution in [2.75, 3.05) is 0 Å². The van der Waals surface area contributed by atoms with Gasteiger partial charge in [0, 0.05) is 11.8 Å². The smallest absolute Gasteiger partial charge is 0.0759 e. The van der Waals surface area contributed by atoms with Gasteiger partial charge < -0.3 is 10.2 Å². The van der Waals surface area contributed by atoms with Crippen LogP contribution in [0.15, 0.2) is 24.3 Å². The third kappa shape index (κ3) is 0.903. The lowest BCUT2D eigenvalue weighted by molar-refractivity contribution is 0.0277. The zero-order chi connectivity index (χ0) is 9.00. The lowest BCUT2D eigenvalue weighted by atomic mass is 9.73. The summed E-state index contributed by atoms with van der Waals surface area (Å²) in [5.74, 6) is 1.55. The summed E-state index contributed by atoms with van der Waals surface area (Å²) in [7, 11) is 0. The van der Waals surface area contributed by atoms with Crippen LogP contribution in [0.2, 0.25) is 0 Å². The SMILES string of the molecule is O[C@@H]1C=C[C@@H](O)[C@@H]2[C@H]1[C@@H]1C=C[C@H]2C1. The van der Waals surface area contributed by atoms with Crippen LogP contribution in [0.1, 0.15) is 6.42 Å². The van der Waals surface area contributed by atoms with Gasteiger partial charge in [-0.1, -0.05) is 24.3 Å². The van der Waals surface area contributed by atoms with Crippen molar-refractivity contribution < 1.29 is 10.2 Å². The van der Waals surface area contributed by atoms with E-state index >= 15 is 0 Å². The molecule has 6 atom stereocenters. The Morgan fingerprint density at radius 1 is 0.769 bits per heavy atom. The first-order valence-corrected chi connectivity index (χ1v) is 5.00. The molecule has 0 amide bonds. The molecule has 2 nitrogen and oxygen atoms in total. The van der Waals surface area contributed by atoms with Crippen molar-refractivity contribution in [3.63, 3.8) is 0 Å². The van der Waals surface area contributed by atoms with Gasteiger partial charge in [-0.3, -0.25) is 0 Å². The van der Waals surface area contributed by atoms with E-state index in [9.17, 15) is 10.2 Å². The second-order valence-electron chi connectivity index (χ2n) is 4.47. The van der Waals surface area contributed by atoms with Crippen molar-refractivity contribution >= 4 is 0 Å². The van der Waals surface area contributed by atoms with Gasteiger partial charge in [-0.05, 0) is 18.3 Å². The summed E-state index contributed by atoms with van der Waals surface area (Å²) in [5.41, 5.74) is 0. The first-order valence-electron chi connectivity index (χ1n) is 5.00. The average molecular weight is 178 g/mol. The highest BCUT2D eigenvalue weighted by Crippen LogP contribution is 2.52. The van der Waals surface area contributed by atoms with Crippen LogP contribution in [0.4, 0.5) is 0 Å². The number of rotatable bonds is 0. The minimum absolute atomic E-state index is 0.273. The Morgan fingerprint density at radius 2 is 1.23 bits per heavy atom. The van der Waals surface area contributed by atoms with Crippen molar-refractivity contribution in [3.8, 4) is 0 Å². The van der Waals surface area contributed by atoms with E-state index in [2.05, 4.69) is 12.2 Å². The van der Waals surface area contributed by atoms with E-state index in [1.165, 1.54) is 0 Å².